The van der Waals surface area contributed by atoms with Crippen molar-refractivity contribution in [3.63, 3.8) is 0 Å². The largest absolute Gasteiger partial charge is 0.497 e. The van der Waals surface area contributed by atoms with E-state index in [1.807, 2.05) is 24.3 Å². The zero-order chi connectivity index (χ0) is 20.3. The predicted molar refractivity (Wildman–Crippen MR) is 106 cm³/mol. The number of rotatable bonds is 7. The summed E-state index contributed by atoms with van der Waals surface area (Å²) in [6.45, 7) is 7.06. The van der Waals surface area contributed by atoms with Gasteiger partial charge in [0.05, 0.1) is 20.3 Å². The molecule has 0 radical (unpaired) electrons. The number of methoxy groups -OCH3 is 2. The van der Waals surface area contributed by atoms with E-state index < -0.39 is 5.54 Å². The van der Waals surface area contributed by atoms with E-state index in [0.29, 0.717) is 37.8 Å². The Balaban J connectivity index is 1.85. The number of amides is 3. The minimum atomic E-state index is -0.750. The molecule has 7 heteroatoms. The van der Waals surface area contributed by atoms with Gasteiger partial charge in [0.2, 0.25) is 0 Å². The Morgan fingerprint density at radius 3 is 2.46 bits per heavy atom. The van der Waals surface area contributed by atoms with Crippen LogP contribution in [0.4, 0.5) is 4.79 Å². The van der Waals surface area contributed by atoms with Crippen LogP contribution >= 0.6 is 0 Å². The Labute approximate surface area is 167 Å². The number of carbonyl (C=O) groups is 2. The number of ether oxygens (including phenoxy) is 2. The number of benzene rings is 1. The van der Waals surface area contributed by atoms with Gasteiger partial charge >= 0.3 is 6.03 Å². The normalized spacial score (nSPS) is 19.9. The average molecular weight is 389 g/mol. The van der Waals surface area contributed by atoms with Crippen LogP contribution in [0.5, 0.6) is 5.75 Å². The van der Waals surface area contributed by atoms with Gasteiger partial charge in [-0.3, -0.25) is 9.69 Å². The van der Waals surface area contributed by atoms with Gasteiger partial charge in [0, 0.05) is 32.8 Å². The van der Waals surface area contributed by atoms with E-state index >= 15 is 0 Å². The third-order valence-corrected chi connectivity index (χ3v) is 5.97. The highest BCUT2D eigenvalue weighted by molar-refractivity contribution is 6.07. The summed E-state index contributed by atoms with van der Waals surface area (Å²) < 4.78 is 10.5. The van der Waals surface area contributed by atoms with Crippen molar-refractivity contribution in [1.82, 2.24) is 14.7 Å². The van der Waals surface area contributed by atoms with Crippen LogP contribution in [-0.4, -0.2) is 78.7 Å². The molecule has 2 fully saturated rings. The number of piperidine rings is 1. The molecule has 28 heavy (non-hydrogen) atoms. The third kappa shape index (κ3) is 3.73. The Morgan fingerprint density at radius 2 is 1.86 bits per heavy atom. The van der Waals surface area contributed by atoms with Gasteiger partial charge in [0.25, 0.3) is 5.91 Å². The zero-order valence-electron chi connectivity index (χ0n) is 17.3. The first-order chi connectivity index (χ1) is 13.4. The van der Waals surface area contributed by atoms with Crippen molar-refractivity contribution >= 4 is 11.9 Å². The van der Waals surface area contributed by atoms with Gasteiger partial charge in [-0.25, -0.2) is 4.79 Å². The molecule has 0 unspecified atom stereocenters. The SMILES string of the molecule is COCCN1C(=O)N(Cc2cccc(OC)c2)C(=O)C12CCN(C(C)C)CC2. The molecule has 154 valence electrons. The topological polar surface area (TPSA) is 62.3 Å². The van der Waals surface area contributed by atoms with Gasteiger partial charge in [-0.05, 0) is 44.4 Å². The van der Waals surface area contributed by atoms with Crippen molar-refractivity contribution in [1.29, 1.82) is 0 Å². The second-order valence-electron chi connectivity index (χ2n) is 7.83. The number of carbonyl (C=O) groups excluding carboxylic acids is 2. The molecule has 2 saturated heterocycles. The quantitative estimate of drug-likeness (QED) is 0.670. The van der Waals surface area contributed by atoms with E-state index in [2.05, 4.69) is 18.7 Å². The van der Waals surface area contributed by atoms with Crippen LogP contribution in [0.15, 0.2) is 24.3 Å². The molecule has 1 spiro atoms. The Kier molecular flexibility index (Phi) is 6.25. The summed E-state index contributed by atoms with van der Waals surface area (Å²) in [4.78, 5) is 32.2. The molecule has 0 bridgehead atoms. The number of hydrogen-bond donors (Lipinski definition) is 0. The van der Waals surface area contributed by atoms with Gasteiger partial charge < -0.3 is 19.3 Å². The van der Waals surface area contributed by atoms with Gasteiger partial charge in [-0.15, -0.1) is 0 Å². The number of nitrogens with zero attached hydrogens (tertiary/aromatic N) is 3. The Hall–Kier alpha value is -2.12. The van der Waals surface area contributed by atoms with Gasteiger partial charge in [0.15, 0.2) is 0 Å². The molecule has 0 atom stereocenters. The fourth-order valence-electron chi connectivity index (χ4n) is 4.26. The first kappa shape index (κ1) is 20.6. The summed E-state index contributed by atoms with van der Waals surface area (Å²) in [6.07, 6.45) is 1.32. The van der Waals surface area contributed by atoms with Crippen molar-refractivity contribution in [2.75, 3.05) is 40.5 Å². The van der Waals surface area contributed by atoms with Crippen LogP contribution in [-0.2, 0) is 16.1 Å². The van der Waals surface area contributed by atoms with E-state index in [9.17, 15) is 9.59 Å². The minimum absolute atomic E-state index is 0.0835. The van der Waals surface area contributed by atoms with Gasteiger partial charge in [0.1, 0.15) is 11.3 Å². The van der Waals surface area contributed by atoms with Crippen LogP contribution in [0.1, 0.15) is 32.3 Å². The third-order valence-electron chi connectivity index (χ3n) is 5.97. The molecule has 2 aliphatic heterocycles. The van der Waals surface area contributed by atoms with E-state index in [-0.39, 0.29) is 18.5 Å². The molecular formula is C21H31N3O4. The molecular weight excluding hydrogens is 358 g/mol. The van der Waals surface area contributed by atoms with Crippen LogP contribution in [0, 0.1) is 0 Å². The monoisotopic (exact) mass is 389 g/mol. The molecule has 2 aliphatic rings. The van der Waals surface area contributed by atoms with Crippen molar-refractivity contribution in [3.05, 3.63) is 29.8 Å². The van der Waals surface area contributed by atoms with E-state index in [0.717, 1.165) is 18.7 Å². The fraction of sp³-hybridized carbons (Fsp3) is 0.619. The average Bonchev–Trinajstić information content (AvgIpc) is 2.88. The second-order valence-corrected chi connectivity index (χ2v) is 7.83. The van der Waals surface area contributed by atoms with E-state index in [4.69, 9.17) is 9.47 Å². The molecule has 0 aliphatic carbocycles. The van der Waals surface area contributed by atoms with Crippen molar-refractivity contribution in [3.8, 4) is 5.75 Å². The van der Waals surface area contributed by atoms with Crippen LogP contribution in [0.25, 0.3) is 0 Å². The maximum Gasteiger partial charge on any atom is 0.328 e. The summed E-state index contributed by atoms with van der Waals surface area (Å²) >= 11 is 0. The first-order valence-corrected chi connectivity index (χ1v) is 9.92. The van der Waals surface area contributed by atoms with Crippen molar-refractivity contribution < 1.29 is 19.1 Å². The molecule has 0 N–H and O–H groups in total. The smallest absolute Gasteiger partial charge is 0.328 e. The fourth-order valence-corrected chi connectivity index (χ4v) is 4.26. The molecule has 1 aromatic rings. The molecule has 3 rings (SSSR count). The summed E-state index contributed by atoms with van der Waals surface area (Å²) in [7, 11) is 3.22. The standard InChI is InChI=1S/C21H31N3O4/c1-16(2)22-10-8-21(9-11-22)19(25)23(20(26)24(21)12-13-27-3)15-17-6-5-7-18(14-17)28-4/h5-7,14,16H,8-13,15H2,1-4H3. The lowest BCUT2D eigenvalue weighted by atomic mass is 9.85. The highest BCUT2D eigenvalue weighted by Gasteiger charge is 2.57. The van der Waals surface area contributed by atoms with Crippen LogP contribution < -0.4 is 4.74 Å². The molecule has 7 nitrogen and oxygen atoms in total. The van der Waals surface area contributed by atoms with E-state index in [1.54, 1.807) is 19.1 Å². The van der Waals surface area contributed by atoms with E-state index in [1.165, 1.54) is 4.90 Å². The molecule has 0 saturated carbocycles. The lowest BCUT2D eigenvalue weighted by Gasteiger charge is -2.43. The summed E-state index contributed by atoms with van der Waals surface area (Å²) in [5, 5.41) is 0. The first-order valence-electron chi connectivity index (χ1n) is 9.92. The van der Waals surface area contributed by atoms with Gasteiger partial charge in [-0.2, -0.15) is 0 Å². The molecule has 0 aromatic heterocycles. The maximum atomic E-state index is 13.5. The predicted octanol–water partition coefficient (Wildman–Crippen LogP) is 2.35. The van der Waals surface area contributed by atoms with Crippen LogP contribution in [0.3, 0.4) is 0 Å². The summed E-state index contributed by atoms with van der Waals surface area (Å²) in [6, 6.07) is 7.72. The number of urea groups is 1. The number of likely N-dealkylation sites (tertiary alicyclic amines) is 1. The maximum absolute atomic E-state index is 13.5. The number of hydrogen-bond acceptors (Lipinski definition) is 5. The summed E-state index contributed by atoms with van der Waals surface area (Å²) in [5.74, 6) is 0.632. The Bertz CT molecular complexity index is 713. The molecule has 2 heterocycles. The van der Waals surface area contributed by atoms with Crippen molar-refractivity contribution in [2.24, 2.45) is 0 Å². The minimum Gasteiger partial charge on any atom is -0.497 e. The lowest BCUT2D eigenvalue weighted by molar-refractivity contribution is -0.136. The Morgan fingerprint density at radius 1 is 1.14 bits per heavy atom. The molecule has 1 aromatic carbocycles. The van der Waals surface area contributed by atoms with Crippen LogP contribution in [0.2, 0.25) is 0 Å². The second kappa shape index (κ2) is 8.49. The highest BCUT2D eigenvalue weighted by atomic mass is 16.5. The lowest BCUT2D eigenvalue weighted by Crippen LogP contribution is -2.58. The zero-order valence-corrected chi connectivity index (χ0v) is 17.3. The highest BCUT2D eigenvalue weighted by Crippen LogP contribution is 2.38. The molecule has 3 amide bonds. The van der Waals surface area contributed by atoms with Gasteiger partial charge in [-0.1, -0.05) is 12.1 Å². The number of imide groups is 1. The van der Waals surface area contributed by atoms with Crippen molar-refractivity contribution in [2.45, 2.75) is 44.8 Å². The summed E-state index contributed by atoms with van der Waals surface area (Å²) in [5.41, 5.74) is 0.129.